The van der Waals surface area contributed by atoms with E-state index >= 15 is 0 Å². The fraction of sp³-hybridized carbons (Fsp3) is 0.235. The molecule has 23 heavy (non-hydrogen) atoms. The van der Waals surface area contributed by atoms with Gasteiger partial charge in [-0.25, -0.2) is 0 Å². The minimum Gasteiger partial charge on any atom is -0.758 e. The van der Waals surface area contributed by atoms with Crippen molar-refractivity contribution in [2.24, 2.45) is 4.99 Å². The number of hydrogen-bond acceptors (Lipinski definition) is 5. The summed E-state index contributed by atoms with van der Waals surface area (Å²) in [6.45, 7) is 4.05. The van der Waals surface area contributed by atoms with E-state index in [-0.39, 0.29) is 5.78 Å². The number of aromatic nitrogens is 1. The molecule has 1 atom stereocenters. The summed E-state index contributed by atoms with van der Waals surface area (Å²) in [7, 11) is 3.94. The minimum atomic E-state index is -0.611. The van der Waals surface area contributed by atoms with E-state index in [1.807, 2.05) is 65.6 Å². The lowest BCUT2D eigenvalue weighted by Crippen LogP contribution is -2.47. The zero-order chi connectivity index (χ0) is 16.8. The van der Waals surface area contributed by atoms with Gasteiger partial charge in [-0.05, 0) is 16.5 Å². The minimum absolute atomic E-state index is 0.0413. The lowest BCUT2D eigenvalue weighted by atomic mass is 10.1. The molecule has 0 bridgehead atoms. The third-order valence-electron chi connectivity index (χ3n) is 3.27. The number of rotatable bonds is 7. The average Bonchev–Trinajstić information content (AvgIpc) is 3.08. The van der Waals surface area contributed by atoms with Gasteiger partial charge in [0.1, 0.15) is 0 Å². The van der Waals surface area contributed by atoms with Gasteiger partial charge in [-0.3, -0.25) is 4.79 Å². The Kier molecular flexibility index (Phi) is 6.01. The van der Waals surface area contributed by atoms with E-state index < -0.39 is 6.04 Å². The Bertz CT molecular complexity index is 691. The predicted molar refractivity (Wildman–Crippen MR) is 98.5 cm³/mol. The van der Waals surface area contributed by atoms with E-state index in [1.54, 1.807) is 6.08 Å². The summed E-state index contributed by atoms with van der Waals surface area (Å²) in [4.78, 5) is 19.8. The molecule has 0 saturated heterocycles. The molecule has 2 aromatic heterocycles. The zero-order valence-electron chi connectivity index (χ0n) is 13.2. The first-order valence-corrected chi connectivity index (χ1v) is 8.41. The summed E-state index contributed by atoms with van der Waals surface area (Å²) in [6, 6.07) is 6.96. The molecular formula is C17H19N3OS2. The average molecular weight is 345 g/mol. The van der Waals surface area contributed by atoms with Gasteiger partial charge in [0.2, 0.25) is 11.8 Å². The van der Waals surface area contributed by atoms with Crippen LogP contribution in [0.2, 0.25) is 0 Å². The Morgan fingerprint density at radius 1 is 1.43 bits per heavy atom. The van der Waals surface area contributed by atoms with Gasteiger partial charge in [-0.2, -0.15) is 4.57 Å². The second kappa shape index (κ2) is 7.99. The number of ketones is 1. The number of carbonyl (C=O) groups is 1. The van der Waals surface area contributed by atoms with Crippen LogP contribution in [0.15, 0.2) is 59.7 Å². The summed E-state index contributed by atoms with van der Waals surface area (Å²) < 4.78 is 1.81. The van der Waals surface area contributed by atoms with Crippen molar-refractivity contribution in [2.75, 3.05) is 25.5 Å². The fourth-order valence-electron chi connectivity index (χ4n) is 2.07. The van der Waals surface area contributed by atoms with Crippen LogP contribution in [0.1, 0.15) is 15.7 Å². The molecule has 0 N–H and O–H groups in total. The number of hydrogen-bond donors (Lipinski definition) is 0. The summed E-state index contributed by atoms with van der Waals surface area (Å²) in [5, 5.41) is 2.25. The van der Waals surface area contributed by atoms with Crippen LogP contribution in [-0.2, 0) is 12.6 Å². The van der Waals surface area contributed by atoms with Gasteiger partial charge < -0.3 is 22.5 Å². The fourth-order valence-corrected chi connectivity index (χ4v) is 3.06. The Labute approximate surface area is 146 Å². The Morgan fingerprint density at radius 2 is 2.13 bits per heavy atom. The second-order valence-electron chi connectivity index (χ2n) is 5.11. The van der Waals surface area contributed by atoms with Gasteiger partial charge in [-0.1, -0.05) is 12.1 Å². The molecule has 0 aromatic carbocycles. The Balaban J connectivity index is 2.40. The molecular weight excluding hydrogens is 326 g/mol. The first-order valence-electron chi connectivity index (χ1n) is 7.12. The Morgan fingerprint density at radius 3 is 2.65 bits per heavy atom. The van der Waals surface area contributed by atoms with Crippen molar-refractivity contribution in [1.29, 1.82) is 0 Å². The number of anilines is 1. The van der Waals surface area contributed by atoms with Crippen molar-refractivity contribution < 1.29 is 9.36 Å². The monoisotopic (exact) mass is 345 g/mol. The maximum Gasteiger partial charge on any atom is 0.244 e. The molecule has 0 spiro atoms. The van der Waals surface area contributed by atoms with Crippen LogP contribution < -0.4 is 9.47 Å². The molecule has 0 radical (unpaired) electrons. The van der Waals surface area contributed by atoms with Crippen LogP contribution in [0.25, 0.3) is 0 Å². The van der Waals surface area contributed by atoms with Gasteiger partial charge in [0.15, 0.2) is 12.4 Å². The third-order valence-corrected chi connectivity index (χ3v) is 4.51. The molecule has 0 aliphatic heterocycles. The maximum absolute atomic E-state index is 12.8. The first kappa shape index (κ1) is 17.3. The highest BCUT2D eigenvalue weighted by atomic mass is 32.1. The van der Waals surface area contributed by atoms with Gasteiger partial charge in [0.05, 0.1) is 11.4 Å². The molecule has 0 aliphatic carbocycles. The molecule has 2 rings (SSSR count). The molecule has 0 aliphatic rings. The molecule has 0 unspecified atom stereocenters. The number of pyridine rings is 1. The Hall–Kier alpha value is -2.05. The van der Waals surface area contributed by atoms with Crippen molar-refractivity contribution in [2.45, 2.75) is 6.04 Å². The molecule has 120 valence electrons. The lowest BCUT2D eigenvalue weighted by Gasteiger charge is -2.18. The van der Waals surface area contributed by atoms with Gasteiger partial charge >= 0.3 is 0 Å². The number of carbonyl (C=O) groups excluding carboxylic acids is 1. The van der Waals surface area contributed by atoms with Crippen LogP contribution >= 0.6 is 11.3 Å². The normalized spacial score (nSPS) is 12.7. The van der Waals surface area contributed by atoms with E-state index in [9.17, 15) is 4.79 Å². The van der Waals surface area contributed by atoms with Gasteiger partial charge in [-0.15, -0.1) is 17.9 Å². The molecule has 4 nitrogen and oxygen atoms in total. The van der Waals surface area contributed by atoms with Gasteiger partial charge in [0.25, 0.3) is 0 Å². The number of nitrogens with zero attached hydrogens (tertiary/aromatic N) is 3. The summed E-state index contributed by atoms with van der Waals surface area (Å²) in [5.74, 6) is -0.0413. The smallest absolute Gasteiger partial charge is 0.244 e. The van der Waals surface area contributed by atoms with Crippen LogP contribution in [0.5, 0.6) is 0 Å². The first-order chi connectivity index (χ1) is 11.0. The largest absolute Gasteiger partial charge is 0.758 e. The molecule has 2 aromatic rings. The van der Waals surface area contributed by atoms with Crippen LogP contribution in [0, 0.1) is 0 Å². The van der Waals surface area contributed by atoms with Crippen LogP contribution in [-0.4, -0.2) is 31.5 Å². The topological polar surface area (TPSA) is 36.6 Å². The molecule has 2 heterocycles. The van der Waals surface area contributed by atoms with E-state index in [1.165, 1.54) is 11.3 Å². The summed E-state index contributed by atoms with van der Waals surface area (Å²) >= 11 is 6.81. The van der Waals surface area contributed by atoms with Crippen molar-refractivity contribution >= 4 is 40.5 Å². The molecule has 0 fully saturated rings. The van der Waals surface area contributed by atoms with Crippen molar-refractivity contribution in [3.8, 4) is 0 Å². The zero-order valence-corrected chi connectivity index (χ0v) is 14.8. The number of thiophene rings is 1. The van der Waals surface area contributed by atoms with Crippen molar-refractivity contribution in [1.82, 2.24) is 0 Å². The van der Waals surface area contributed by atoms with E-state index in [2.05, 4.69) is 11.6 Å². The molecule has 0 amide bonds. The molecule has 6 heteroatoms. The quantitative estimate of drug-likeness (QED) is 0.193. The van der Waals surface area contributed by atoms with E-state index in [4.69, 9.17) is 12.6 Å². The van der Waals surface area contributed by atoms with Crippen LogP contribution in [0.4, 0.5) is 5.69 Å². The van der Waals surface area contributed by atoms with Crippen molar-refractivity contribution in [3.63, 3.8) is 0 Å². The third kappa shape index (κ3) is 4.24. The maximum atomic E-state index is 12.8. The molecule has 0 saturated carbocycles. The number of Topliss-reactive ketones (excluding diaryl/α,β-unsaturated/α-hetero) is 1. The second-order valence-corrected chi connectivity index (χ2v) is 6.48. The highest BCUT2D eigenvalue weighted by Gasteiger charge is 2.28. The van der Waals surface area contributed by atoms with Crippen LogP contribution in [0.3, 0.4) is 0 Å². The van der Waals surface area contributed by atoms with Crippen molar-refractivity contribution in [3.05, 3.63) is 59.6 Å². The standard InChI is InChI=1S/C17H19N3OS2/c1-4-9-18-17(22)15(16(21)14-6-5-12-23-14)20-10-7-13(8-11-20)19(2)3/h4-8,10-12,15H,1,9H2,2-3H3/t15-/m1/s1. The predicted octanol–water partition coefficient (Wildman–Crippen LogP) is 2.66. The highest BCUT2D eigenvalue weighted by Crippen LogP contribution is 2.17. The van der Waals surface area contributed by atoms with E-state index in [0.29, 0.717) is 16.5 Å². The SMILES string of the molecule is C=CCN=C([S-])[C@@H](C(=O)c1cccs1)[n+]1ccc(N(C)C)cc1. The summed E-state index contributed by atoms with van der Waals surface area (Å²) in [6.07, 6.45) is 5.39. The lowest BCUT2D eigenvalue weighted by molar-refractivity contribution is -0.691. The highest BCUT2D eigenvalue weighted by molar-refractivity contribution is 7.77. The van der Waals surface area contributed by atoms with Gasteiger partial charge in [0, 0.05) is 31.9 Å². The summed E-state index contributed by atoms with van der Waals surface area (Å²) in [5.41, 5.74) is 1.05. The number of aliphatic imine (C=N–C) groups is 1. The van der Waals surface area contributed by atoms with E-state index in [0.717, 1.165) is 5.69 Å².